The number of anilines is 3. The number of ether oxygens (including phenoxy) is 1. The first kappa shape index (κ1) is 20.4. The minimum absolute atomic E-state index is 0.472. The van der Waals surface area contributed by atoms with Crippen LogP contribution < -0.4 is 20.3 Å². The van der Waals surface area contributed by atoms with Gasteiger partial charge in [-0.2, -0.15) is 4.98 Å². The molecule has 0 radical (unpaired) electrons. The smallest absolute Gasteiger partial charge is 0.230 e. The van der Waals surface area contributed by atoms with Gasteiger partial charge in [0.05, 0.1) is 41.8 Å². The van der Waals surface area contributed by atoms with Crippen LogP contribution >= 0.6 is 0 Å². The second-order valence-corrected chi connectivity index (χ2v) is 8.16. The fourth-order valence-electron chi connectivity index (χ4n) is 4.34. The van der Waals surface area contributed by atoms with Gasteiger partial charge in [-0.05, 0) is 42.5 Å². The molecular formula is C25H24N8O. The van der Waals surface area contributed by atoms with Crippen molar-refractivity contribution in [3.05, 3.63) is 61.1 Å². The maximum Gasteiger partial charge on any atom is 0.230 e. The second-order valence-electron chi connectivity index (χ2n) is 8.16. The molecule has 1 aliphatic heterocycles. The van der Waals surface area contributed by atoms with Crippen LogP contribution in [0.1, 0.15) is 0 Å². The van der Waals surface area contributed by atoms with Crippen molar-refractivity contribution < 1.29 is 4.74 Å². The molecule has 0 unspecified atom stereocenters. The van der Waals surface area contributed by atoms with Crippen LogP contribution in [0.3, 0.4) is 0 Å². The van der Waals surface area contributed by atoms with E-state index in [1.807, 2.05) is 42.6 Å². The number of H-pyrrole nitrogens is 1. The molecule has 0 amide bonds. The van der Waals surface area contributed by atoms with Crippen molar-refractivity contribution >= 4 is 39.4 Å². The molecule has 5 heterocycles. The molecule has 9 heteroatoms. The number of aromatic amines is 1. The number of nitrogens with zero attached hydrogens (tertiary/aromatic N) is 5. The number of aromatic nitrogens is 5. The van der Waals surface area contributed by atoms with Gasteiger partial charge < -0.3 is 25.3 Å². The Kier molecular flexibility index (Phi) is 5.15. The fraction of sp³-hybridized carbons (Fsp3) is 0.200. The van der Waals surface area contributed by atoms with Crippen molar-refractivity contribution in [2.24, 2.45) is 0 Å². The molecule has 3 N–H and O–H groups in total. The average Bonchev–Trinajstić information content (AvgIpc) is 3.28. The second kappa shape index (κ2) is 8.60. The van der Waals surface area contributed by atoms with Crippen LogP contribution in [-0.4, -0.2) is 58.2 Å². The third kappa shape index (κ3) is 3.75. The van der Waals surface area contributed by atoms with E-state index in [0.717, 1.165) is 70.8 Å². The van der Waals surface area contributed by atoms with Gasteiger partial charge >= 0.3 is 0 Å². The van der Waals surface area contributed by atoms with E-state index in [4.69, 9.17) is 14.7 Å². The Morgan fingerprint density at radius 3 is 2.59 bits per heavy atom. The van der Waals surface area contributed by atoms with Crippen LogP contribution in [0.5, 0.6) is 5.75 Å². The minimum atomic E-state index is 0.472. The van der Waals surface area contributed by atoms with Crippen LogP contribution in [-0.2, 0) is 0 Å². The zero-order chi connectivity index (χ0) is 22.9. The first-order valence-corrected chi connectivity index (χ1v) is 11.2. The molecule has 6 rings (SSSR count). The summed E-state index contributed by atoms with van der Waals surface area (Å²) in [5.41, 5.74) is 4.56. The summed E-state index contributed by atoms with van der Waals surface area (Å²) in [5.74, 6) is 1.96. The third-order valence-corrected chi connectivity index (χ3v) is 6.09. The molecule has 0 spiro atoms. The molecule has 1 aromatic carbocycles. The Hall–Kier alpha value is -4.24. The highest BCUT2D eigenvalue weighted by molar-refractivity contribution is 6.12. The molecule has 9 nitrogen and oxygen atoms in total. The zero-order valence-electron chi connectivity index (χ0n) is 18.7. The number of methoxy groups -OCH3 is 1. The van der Waals surface area contributed by atoms with Gasteiger partial charge in [-0.3, -0.25) is 4.98 Å². The van der Waals surface area contributed by atoms with Crippen molar-refractivity contribution in [3.8, 4) is 17.0 Å². The highest BCUT2D eigenvalue weighted by atomic mass is 16.5. The van der Waals surface area contributed by atoms with Crippen molar-refractivity contribution in [3.63, 3.8) is 0 Å². The predicted molar refractivity (Wildman–Crippen MR) is 134 cm³/mol. The molecule has 0 atom stereocenters. The van der Waals surface area contributed by atoms with E-state index < -0.39 is 0 Å². The summed E-state index contributed by atoms with van der Waals surface area (Å²) in [6.45, 7) is 3.94. The predicted octanol–water partition coefficient (Wildman–Crippen LogP) is 3.73. The summed E-state index contributed by atoms with van der Waals surface area (Å²) >= 11 is 0. The molecule has 0 saturated carbocycles. The molecule has 0 aliphatic carbocycles. The number of benzene rings is 1. The van der Waals surface area contributed by atoms with Gasteiger partial charge in [-0.25, -0.2) is 9.97 Å². The number of hydrogen-bond donors (Lipinski definition) is 3. The standard InChI is InChI=1S/C25H24N8O/c1-34-18-5-2-16(3-6-18)23-22-19-8-9-27-15-20(19)29-24(22)32-25(31-23)30-21-7-4-17(14-28-21)33-12-10-26-11-13-33/h2-9,14-15,26H,10-13H2,1H3,(H2,28,29,30,31,32). The lowest BCUT2D eigenvalue weighted by atomic mass is 10.1. The number of hydrogen-bond acceptors (Lipinski definition) is 8. The Morgan fingerprint density at radius 1 is 0.971 bits per heavy atom. The molecule has 1 aliphatic rings. The van der Waals surface area contributed by atoms with Crippen molar-refractivity contribution in [2.45, 2.75) is 0 Å². The lowest BCUT2D eigenvalue weighted by Crippen LogP contribution is -2.43. The van der Waals surface area contributed by atoms with Crippen LogP contribution in [0.4, 0.5) is 17.5 Å². The molecule has 1 fully saturated rings. The van der Waals surface area contributed by atoms with Crippen molar-refractivity contribution in [1.29, 1.82) is 0 Å². The van der Waals surface area contributed by atoms with Gasteiger partial charge in [-0.1, -0.05) is 0 Å². The lowest BCUT2D eigenvalue weighted by Gasteiger charge is -2.29. The largest absolute Gasteiger partial charge is 0.497 e. The van der Waals surface area contributed by atoms with Gasteiger partial charge in [0.25, 0.3) is 0 Å². The number of pyridine rings is 2. The number of nitrogens with one attached hydrogen (secondary N) is 3. The van der Waals surface area contributed by atoms with E-state index >= 15 is 0 Å². The Balaban J connectivity index is 1.39. The summed E-state index contributed by atoms with van der Waals surface area (Å²) < 4.78 is 5.33. The normalized spacial score (nSPS) is 14.0. The summed E-state index contributed by atoms with van der Waals surface area (Å²) in [7, 11) is 1.66. The van der Waals surface area contributed by atoms with E-state index in [1.165, 1.54) is 0 Å². The molecule has 170 valence electrons. The van der Waals surface area contributed by atoms with Gasteiger partial charge in [-0.15, -0.1) is 0 Å². The highest BCUT2D eigenvalue weighted by Gasteiger charge is 2.16. The zero-order valence-corrected chi connectivity index (χ0v) is 18.7. The average molecular weight is 453 g/mol. The maximum absolute atomic E-state index is 5.33. The summed E-state index contributed by atoms with van der Waals surface area (Å²) in [6, 6.07) is 13.9. The van der Waals surface area contributed by atoms with E-state index in [-0.39, 0.29) is 0 Å². The third-order valence-electron chi connectivity index (χ3n) is 6.09. The lowest BCUT2D eigenvalue weighted by molar-refractivity contribution is 0.415. The molecule has 5 aromatic rings. The van der Waals surface area contributed by atoms with Gasteiger partial charge in [0.1, 0.15) is 17.2 Å². The fourth-order valence-corrected chi connectivity index (χ4v) is 4.34. The first-order chi connectivity index (χ1) is 16.8. The Bertz CT molecular complexity index is 1440. The summed E-state index contributed by atoms with van der Waals surface area (Å²) in [5, 5.41) is 8.63. The highest BCUT2D eigenvalue weighted by Crippen LogP contribution is 2.34. The molecule has 34 heavy (non-hydrogen) atoms. The van der Waals surface area contributed by atoms with Crippen LogP contribution in [0, 0.1) is 0 Å². The van der Waals surface area contributed by atoms with Crippen LogP contribution in [0.15, 0.2) is 61.1 Å². The number of piperazine rings is 1. The monoisotopic (exact) mass is 452 g/mol. The van der Waals surface area contributed by atoms with Crippen LogP contribution in [0.2, 0.25) is 0 Å². The SMILES string of the molecule is COc1ccc(-c2nc(Nc3ccc(N4CCNCC4)cn3)nc3[nH]c4cnccc4c23)cc1. The summed E-state index contributed by atoms with van der Waals surface area (Å²) in [4.78, 5) is 24.2. The van der Waals surface area contributed by atoms with Crippen molar-refractivity contribution in [2.75, 3.05) is 43.5 Å². The molecular weight excluding hydrogens is 428 g/mol. The minimum Gasteiger partial charge on any atom is -0.497 e. The van der Waals surface area contributed by atoms with E-state index in [9.17, 15) is 0 Å². The van der Waals surface area contributed by atoms with Gasteiger partial charge in [0.15, 0.2) is 0 Å². The quantitative estimate of drug-likeness (QED) is 0.371. The van der Waals surface area contributed by atoms with E-state index in [2.05, 4.69) is 36.6 Å². The molecule has 1 saturated heterocycles. The van der Waals surface area contributed by atoms with E-state index in [0.29, 0.717) is 11.8 Å². The Labute approximate surface area is 196 Å². The topological polar surface area (TPSA) is 104 Å². The van der Waals surface area contributed by atoms with E-state index in [1.54, 1.807) is 19.5 Å². The molecule has 4 aromatic heterocycles. The van der Waals surface area contributed by atoms with Crippen molar-refractivity contribution in [1.82, 2.24) is 30.2 Å². The number of fused-ring (bicyclic) bond motifs is 3. The maximum atomic E-state index is 5.33. The van der Waals surface area contributed by atoms with Gasteiger partial charge in [0, 0.05) is 43.3 Å². The van der Waals surface area contributed by atoms with Crippen LogP contribution in [0.25, 0.3) is 33.2 Å². The Morgan fingerprint density at radius 2 is 1.82 bits per heavy atom. The summed E-state index contributed by atoms with van der Waals surface area (Å²) in [6.07, 6.45) is 5.48. The number of rotatable bonds is 5. The van der Waals surface area contributed by atoms with Gasteiger partial charge in [0.2, 0.25) is 5.95 Å². The molecule has 0 bridgehead atoms. The first-order valence-electron chi connectivity index (χ1n) is 11.2.